The average Bonchev–Trinajstić information content (AvgIpc) is 3.52. The van der Waals surface area contributed by atoms with Gasteiger partial charge < -0.3 is 5.32 Å². The topological polar surface area (TPSA) is 79.4 Å². The predicted molar refractivity (Wildman–Crippen MR) is 140 cm³/mol. The van der Waals surface area contributed by atoms with Crippen molar-refractivity contribution in [3.05, 3.63) is 64.5 Å². The van der Waals surface area contributed by atoms with Crippen molar-refractivity contribution in [2.45, 2.75) is 39.0 Å². The Kier molecular flexibility index (Phi) is 5.50. The van der Waals surface area contributed by atoms with E-state index in [0.29, 0.717) is 17.2 Å². The van der Waals surface area contributed by atoms with E-state index in [4.69, 9.17) is 4.98 Å². The number of para-hydroxylation sites is 1. The lowest BCUT2D eigenvalue weighted by molar-refractivity contribution is -0.121. The molecule has 1 N–H and O–H groups in total. The summed E-state index contributed by atoms with van der Waals surface area (Å²) in [6.45, 7) is 2.27. The van der Waals surface area contributed by atoms with Crippen LogP contribution in [0.4, 0.5) is 10.7 Å². The normalized spacial score (nSPS) is 17.7. The molecular formula is C27H23N3O3S2. The van der Waals surface area contributed by atoms with Crippen molar-refractivity contribution in [1.29, 1.82) is 0 Å². The molecule has 2 aromatic carbocycles. The van der Waals surface area contributed by atoms with E-state index in [1.54, 1.807) is 46.9 Å². The summed E-state index contributed by atoms with van der Waals surface area (Å²) in [5, 5.41) is 4.88. The van der Waals surface area contributed by atoms with Gasteiger partial charge in [-0.15, -0.1) is 22.7 Å². The number of thiazole rings is 1. The van der Waals surface area contributed by atoms with Crippen molar-refractivity contribution >= 4 is 61.3 Å². The van der Waals surface area contributed by atoms with Crippen molar-refractivity contribution in [3.63, 3.8) is 0 Å². The monoisotopic (exact) mass is 501 g/mol. The molecule has 4 aromatic rings. The van der Waals surface area contributed by atoms with Gasteiger partial charge in [-0.1, -0.05) is 25.1 Å². The van der Waals surface area contributed by atoms with Gasteiger partial charge in [0.15, 0.2) is 0 Å². The highest BCUT2D eigenvalue weighted by Crippen LogP contribution is 2.47. The molecule has 1 saturated heterocycles. The number of hydrogen-bond acceptors (Lipinski definition) is 6. The minimum atomic E-state index is -0.264. The number of imide groups is 1. The number of aromatic nitrogens is 1. The average molecular weight is 502 g/mol. The fourth-order valence-corrected chi connectivity index (χ4v) is 7.39. The first-order chi connectivity index (χ1) is 17.0. The van der Waals surface area contributed by atoms with Crippen LogP contribution in [0.15, 0.2) is 48.5 Å². The Bertz CT molecular complexity index is 1450. The molecule has 0 bridgehead atoms. The van der Waals surface area contributed by atoms with Crippen LogP contribution in [0.25, 0.3) is 20.8 Å². The first-order valence-electron chi connectivity index (χ1n) is 11.8. The molecule has 1 atom stereocenters. The maximum absolute atomic E-state index is 13.4. The summed E-state index contributed by atoms with van der Waals surface area (Å²) >= 11 is 3.29. The summed E-state index contributed by atoms with van der Waals surface area (Å²) in [6, 6.07) is 14.8. The molecular weight excluding hydrogens is 478 g/mol. The van der Waals surface area contributed by atoms with Crippen LogP contribution in [-0.2, 0) is 22.4 Å². The first-order valence-corrected chi connectivity index (χ1v) is 13.4. The zero-order chi connectivity index (χ0) is 24.1. The van der Waals surface area contributed by atoms with E-state index in [-0.39, 0.29) is 30.6 Å². The lowest BCUT2D eigenvalue weighted by Crippen LogP contribution is -2.28. The van der Waals surface area contributed by atoms with E-state index in [1.165, 1.54) is 15.3 Å². The molecule has 2 aromatic heterocycles. The number of amides is 3. The molecule has 0 saturated carbocycles. The van der Waals surface area contributed by atoms with Crippen LogP contribution in [0.3, 0.4) is 0 Å². The zero-order valence-corrected chi connectivity index (χ0v) is 20.8. The lowest BCUT2D eigenvalue weighted by Gasteiger charge is -2.18. The number of thiophene rings is 1. The number of anilines is 2. The standard InChI is InChI=1S/C27H23N3O3S2/c1-15-9-10-18-21(13-15)35-27(24(18)26-28-19-7-2-3-8-20(19)34-26)29-25(33)16-5-4-6-17(14-16)30-22(31)11-12-23(30)32/h2-8,14-15H,9-13H2,1H3,(H,29,33). The molecule has 8 heteroatoms. The van der Waals surface area contributed by atoms with Gasteiger partial charge in [0.2, 0.25) is 11.8 Å². The third-order valence-electron chi connectivity index (χ3n) is 6.66. The fourth-order valence-electron chi connectivity index (χ4n) is 4.87. The molecule has 0 spiro atoms. The molecule has 35 heavy (non-hydrogen) atoms. The summed E-state index contributed by atoms with van der Waals surface area (Å²) in [6.07, 6.45) is 3.51. The van der Waals surface area contributed by atoms with Gasteiger partial charge in [-0.05, 0) is 61.1 Å². The van der Waals surface area contributed by atoms with Gasteiger partial charge >= 0.3 is 0 Å². The first kappa shape index (κ1) is 22.1. The zero-order valence-electron chi connectivity index (χ0n) is 19.2. The predicted octanol–water partition coefficient (Wildman–Crippen LogP) is 6.06. The second-order valence-electron chi connectivity index (χ2n) is 9.17. The third-order valence-corrected chi connectivity index (χ3v) is 8.89. The van der Waals surface area contributed by atoms with E-state index >= 15 is 0 Å². The van der Waals surface area contributed by atoms with Gasteiger partial charge in [-0.2, -0.15) is 0 Å². The molecule has 3 amide bonds. The van der Waals surface area contributed by atoms with Crippen molar-refractivity contribution in [2.24, 2.45) is 5.92 Å². The number of carbonyl (C=O) groups excluding carboxylic acids is 3. The molecule has 1 fully saturated rings. The Hall–Kier alpha value is -3.36. The largest absolute Gasteiger partial charge is 0.313 e. The number of rotatable bonds is 4. The smallest absolute Gasteiger partial charge is 0.256 e. The fraction of sp³-hybridized carbons (Fsp3) is 0.259. The summed E-state index contributed by atoms with van der Waals surface area (Å²) in [5.74, 6) is -0.114. The van der Waals surface area contributed by atoms with Crippen molar-refractivity contribution in [1.82, 2.24) is 4.98 Å². The molecule has 1 unspecified atom stereocenters. The highest BCUT2D eigenvalue weighted by atomic mass is 32.1. The van der Waals surface area contributed by atoms with Crippen LogP contribution >= 0.6 is 22.7 Å². The third kappa shape index (κ3) is 3.96. The number of hydrogen-bond donors (Lipinski definition) is 1. The SMILES string of the molecule is CC1CCc2c(sc(NC(=O)c3cccc(N4C(=O)CCC4=O)c3)c2-c2nc3ccccc3s2)C1. The van der Waals surface area contributed by atoms with Crippen LogP contribution in [0, 0.1) is 5.92 Å². The maximum atomic E-state index is 13.4. The molecule has 6 nitrogen and oxygen atoms in total. The number of benzene rings is 2. The number of nitrogens with one attached hydrogen (secondary N) is 1. The molecule has 6 rings (SSSR count). The van der Waals surface area contributed by atoms with Crippen LogP contribution in [-0.4, -0.2) is 22.7 Å². The summed E-state index contributed by atoms with van der Waals surface area (Å²) < 4.78 is 1.12. The minimum absolute atomic E-state index is 0.208. The number of nitrogens with zero attached hydrogens (tertiary/aromatic N) is 2. The van der Waals surface area contributed by atoms with E-state index in [9.17, 15) is 14.4 Å². The van der Waals surface area contributed by atoms with Crippen molar-refractivity contribution in [2.75, 3.05) is 10.2 Å². The molecule has 176 valence electrons. The van der Waals surface area contributed by atoms with E-state index in [2.05, 4.69) is 18.3 Å². The van der Waals surface area contributed by atoms with Crippen LogP contribution < -0.4 is 10.2 Å². The summed E-state index contributed by atoms with van der Waals surface area (Å²) in [4.78, 5) is 45.1. The molecule has 0 radical (unpaired) electrons. The van der Waals surface area contributed by atoms with Crippen molar-refractivity contribution < 1.29 is 14.4 Å². The van der Waals surface area contributed by atoms with Gasteiger partial charge in [-0.25, -0.2) is 4.98 Å². The van der Waals surface area contributed by atoms with Crippen molar-refractivity contribution in [3.8, 4) is 10.6 Å². The Labute approximate surface area is 210 Å². The molecule has 3 heterocycles. The Morgan fingerprint density at radius 1 is 1.03 bits per heavy atom. The van der Waals surface area contributed by atoms with Crippen LogP contribution in [0.5, 0.6) is 0 Å². The van der Waals surface area contributed by atoms with E-state index in [1.807, 2.05) is 18.2 Å². The van der Waals surface area contributed by atoms with Gasteiger partial charge in [-0.3, -0.25) is 19.3 Å². The number of fused-ring (bicyclic) bond motifs is 2. The van der Waals surface area contributed by atoms with Gasteiger partial charge in [0.25, 0.3) is 5.91 Å². The second kappa shape index (κ2) is 8.70. The van der Waals surface area contributed by atoms with E-state index < -0.39 is 0 Å². The Morgan fingerprint density at radius 2 is 1.83 bits per heavy atom. The highest BCUT2D eigenvalue weighted by molar-refractivity contribution is 7.23. The lowest BCUT2D eigenvalue weighted by atomic mass is 9.88. The summed E-state index contributed by atoms with van der Waals surface area (Å²) in [7, 11) is 0. The van der Waals surface area contributed by atoms with Gasteiger partial charge in [0.05, 0.1) is 15.9 Å². The molecule has 1 aliphatic heterocycles. The van der Waals surface area contributed by atoms with Gasteiger partial charge in [0.1, 0.15) is 10.0 Å². The quantitative estimate of drug-likeness (QED) is 0.345. The van der Waals surface area contributed by atoms with Crippen LogP contribution in [0.2, 0.25) is 0 Å². The van der Waals surface area contributed by atoms with Crippen LogP contribution in [0.1, 0.15) is 47.0 Å². The molecule has 1 aliphatic carbocycles. The second-order valence-corrected chi connectivity index (χ2v) is 11.3. The Balaban J connectivity index is 1.37. The molecule has 2 aliphatic rings. The van der Waals surface area contributed by atoms with E-state index in [0.717, 1.165) is 45.1 Å². The highest BCUT2D eigenvalue weighted by Gasteiger charge is 2.31. The van der Waals surface area contributed by atoms with Gasteiger partial charge in [0, 0.05) is 28.8 Å². The summed E-state index contributed by atoms with van der Waals surface area (Å²) in [5.41, 5.74) is 4.14. The maximum Gasteiger partial charge on any atom is 0.256 e. The Morgan fingerprint density at radius 3 is 2.63 bits per heavy atom. The minimum Gasteiger partial charge on any atom is -0.313 e. The number of carbonyl (C=O) groups is 3.